The fourth-order valence-electron chi connectivity index (χ4n) is 2.45. The van der Waals surface area contributed by atoms with Crippen molar-refractivity contribution in [3.05, 3.63) is 35.1 Å². The molecule has 1 saturated heterocycles. The molecule has 2 nitrogen and oxygen atoms in total. The lowest BCUT2D eigenvalue weighted by molar-refractivity contribution is -0.188. The van der Waals surface area contributed by atoms with Gasteiger partial charge in [0.25, 0.3) is 0 Å². The molecule has 1 aliphatic heterocycles. The molecule has 24 heavy (non-hydrogen) atoms. The summed E-state index contributed by atoms with van der Waals surface area (Å²) < 4.78 is 91.1. The van der Waals surface area contributed by atoms with Gasteiger partial charge in [0.1, 0.15) is 11.9 Å². The minimum atomic E-state index is -4.80. The highest BCUT2D eigenvalue weighted by Crippen LogP contribution is 2.40. The second kappa shape index (κ2) is 8.55. The molecule has 1 aromatic carbocycles. The van der Waals surface area contributed by atoms with E-state index >= 15 is 0 Å². The number of halogens is 9. The van der Waals surface area contributed by atoms with Crippen LogP contribution in [0.5, 0.6) is 0 Å². The van der Waals surface area contributed by atoms with Crippen LogP contribution in [-0.4, -0.2) is 37.3 Å². The van der Waals surface area contributed by atoms with Gasteiger partial charge in [-0.05, 0) is 12.1 Å². The van der Waals surface area contributed by atoms with Crippen LogP contribution >= 0.6 is 24.8 Å². The van der Waals surface area contributed by atoms with Gasteiger partial charge in [0.05, 0.1) is 5.56 Å². The van der Waals surface area contributed by atoms with Crippen molar-refractivity contribution in [2.24, 2.45) is 0 Å². The van der Waals surface area contributed by atoms with Crippen LogP contribution in [0.3, 0.4) is 0 Å². The van der Waals surface area contributed by atoms with Gasteiger partial charge in [0, 0.05) is 31.7 Å². The number of hydrogen-bond donors (Lipinski definition) is 1. The van der Waals surface area contributed by atoms with Crippen molar-refractivity contribution in [2.45, 2.75) is 18.4 Å². The van der Waals surface area contributed by atoms with Crippen LogP contribution in [0.4, 0.5) is 30.7 Å². The molecule has 0 aromatic heterocycles. The topological polar surface area (TPSA) is 15.3 Å². The number of alkyl halides is 6. The summed E-state index contributed by atoms with van der Waals surface area (Å²) in [6, 6.07) is -1.11. The molecule has 0 radical (unpaired) electrons. The lowest BCUT2D eigenvalue weighted by Crippen LogP contribution is -2.49. The van der Waals surface area contributed by atoms with E-state index in [2.05, 4.69) is 5.32 Å². The van der Waals surface area contributed by atoms with E-state index in [4.69, 9.17) is 0 Å². The van der Waals surface area contributed by atoms with Gasteiger partial charge in [0.2, 0.25) is 0 Å². The molecule has 0 amide bonds. The number of hydrogen-bond acceptors (Lipinski definition) is 2. The van der Waals surface area contributed by atoms with Crippen molar-refractivity contribution in [1.29, 1.82) is 0 Å². The van der Waals surface area contributed by atoms with Gasteiger partial charge in [-0.15, -0.1) is 24.8 Å². The Bertz CT molecular complexity index is 528. The van der Waals surface area contributed by atoms with Crippen molar-refractivity contribution < 1.29 is 30.7 Å². The van der Waals surface area contributed by atoms with Crippen LogP contribution in [0.15, 0.2) is 18.2 Å². The van der Waals surface area contributed by atoms with Gasteiger partial charge in [-0.2, -0.15) is 26.3 Å². The Balaban J connectivity index is 0.00000264. The number of nitrogens with zero attached hydrogens (tertiary/aromatic N) is 1. The van der Waals surface area contributed by atoms with Gasteiger partial charge >= 0.3 is 12.4 Å². The highest BCUT2D eigenvalue weighted by atomic mass is 35.5. The van der Waals surface area contributed by atoms with E-state index in [0.717, 1.165) is 4.90 Å². The number of nitrogens with one attached hydrogen (secondary N) is 1. The summed E-state index contributed by atoms with van der Waals surface area (Å²) in [4.78, 5) is 1.02. The summed E-state index contributed by atoms with van der Waals surface area (Å²) in [5.74, 6) is -1.50. The Morgan fingerprint density at radius 3 is 1.92 bits per heavy atom. The number of rotatable bonds is 2. The van der Waals surface area contributed by atoms with E-state index in [1.165, 1.54) is 0 Å². The summed E-state index contributed by atoms with van der Waals surface area (Å²) in [6.07, 6.45) is -9.58. The van der Waals surface area contributed by atoms with E-state index in [9.17, 15) is 30.7 Å². The first kappa shape index (κ1) is 23.2. The van der Waals surface area contributed by atoms with Crippen LogP contribution in [0, 0.1) is 5.82 Å². The Hall–Kier alpha value is -0.770. The smallest absolute Gasteiger partial charge is 0.314 e. The molecule has 1 N–H and O–H groups in total. The quantitative estimate of drug-likeness (QED) is 0.745. The molecule has 140 valence electrons. The van der Waals surface area contributed by atoms with E-state index in [0.29, 0.717) is 25.2 Å². The largest absolute Gasteiger partial charge is 0.416 e. The Morgan fingerprint density at radius 2 is 1.50 bits per heavy atom. The van der Waals surface area contributed by atoms with E-state index in [1.54, 1.807) is 0 Å². The monoisotopic (exact) mass is 402 g/mol. The van der Waals surface area contributed by atoms with Crippen LogP contribution < -0.4 is 5.32 Å². The highest BCUT2D eigenvalue weighted by Gasteiger charge is 2.46. The Kier molecular flexibility index (Phi) is 8.28. The van der Waals surface area contributed by atoms with E-state index in [1.807, 2.05) is 0 Å². The second-order valence-electron chi connectivity index (χ2n) is 4.96. The highest BCUT2D eigenvalue weighted by molar-refractivity contribution is 5.85. The molecule has 1 aromatic rings. The van der Waals surface area contributed by atoms with Crippen LogP contribution in [-0.2, 0) is 6.18 Å². The van der Waals surface area contributed by atoms with Crippen molar-refractivity contribution in [3.8, 4) is 0 Å². The number of benzene rings is 1. The predicted molar refractivity (Wildman–Crippen MR) is 79.1 cm³/mol. The van der Waals surface area contributed by atoms with Gasteiger partial charge < -0.3 is 5.32 Å². The third kappa shape index (κ3) is 5.37. The first-order valence-electron chi connectivity index (χ1n) is 6.49. The molecular weight excluding hydrogens is 388 g/mol. The molecule has 0 spiro atoms. The predicted octanol–water partition coefficient (Wildman–Crippen LogP) is 4.20. The molecule has 11 heteroatoms. The first-order valence-corrected chi connectivity index (χ1v) is 6.49. The minimum Gasteiger partial charge on any atom is -0.314 e. The summed E-state index contributed by atoms with van der Waals surface area (Å²) in [5, 5.41) is 2.86. The average Bonchev–Trinajstić information content (AvgIpc) is 2.39. The van der Waals surface area contributed by atoms with Crippen molar-refractivity contribution in [1.82, 2.24) is 10.2 Å². The van der Waals surface area contributed by atoms with Crippen molar-refractivity contribution in [3.63, 3.8) is 0 Å². The van der Waals surface area contributed by atoms with Crippen LogP contribution in [0.1, 0.15) is 17.2 Å². The minimum absolute atomic E-state index is 0. The van der Waals surface area contributed by atoms with Gasteiger partial charge in [-0.3, -0.25) is 4.90 Å². The van der Waals surface area contributed by atoms with E-state index in [-0.39, 0.29) is 44.0 Å². The molecule has 1 atom stereocenters. The Labute approximate surface area is 146 Å². The maximum atomic E-state index is 13.9. The Morgan fingerprint density at radius 1 is 0.958 bits per heavy atom. The maximum absolute atomic E-state index is 13.9. The molecule has 0 saturated carbocycles. The second-order valence-corrected chi connectivity index (χ2v) is 4.96. The molecule has 1 fully saturated rings. The molecule has 2 rings (SSSR count). The van der Waals surface area contributed by atoms with Crippen LogP contribution in [0.25, 0.3) is 0 Å². The van der Waals surface area contributed by atoms with Gasteiger partial charge in [0.15, 0.2) is 0 Å². The first-order chi connectivity index (χ1) is 10.1. The SMILES string of the molecule is Cl.Cl.Fc1cc(C(F)(F)F)ccc1[C@@H](N1CCNCC1)C(F)(F)F. The standard InChI is InChI=1S/C13H13F7N2.2ClH/c14-10-7-8(12(15,16)17)1-2-9(10)11(13(18,19)20)22-5-3-21-4-6-22;;/h1-2,7,11,21H,3-6H2;2*1H/t11-;;/m1../s1. The summed E-state index contributed by atoms with van der Waals surface area (Å²) in [7, 11) is 0. The summed E-state index contributed by atoms with van der Waals surface area (Å²) >= 11 is 0. The fourth-order valence-corrected chi connectivity index (χ4v) is 2.45. The lowest BCUT2D eigenvalue weighted by Gasteiger charge is -2.36. The maximum Gasteiger partial charge on any atom is 0.416 e. The summed E-state index contributed by atoms with van der Waals surface area (Å²) in [6.45, 7) is 0.666. The zero-order valence-corrected chi connectivity index (χ0v) is 13.7. The molecule has 1 aliphatic rings. The third-order valence-electron chi connectivity index (χ3n) is 3.45. The molecular formula is C13H15Cl2F7N2. The fraction of sp³-hybridized carbons (Fsp3) is 0.538. The van der Waals surface area contributed by atoms with Crippen molar-refractivity contribution >= 4 is 24.8 Å². The lowest BCUT2D eigenvalue weighted by atomic mass is 10.0. The van der Waals surface area contributed by atoms with Crippen molar-refractivity contribution in [2.75, 3.05) is 26.2 Å². The van der Waals surface area contributed by atoms with Gasteiger partial charge in [-0.25, -0.2) is 4.39 Å². The normalized spacial score (nSPS) is 17.6. The molecule has 0 bridgehead atoms. The van der Waals surface area contributed by atoms with Crippen LogP contribution in [0.2, 0.25) is 0 Å². The zero-order valence-electron chi connectivity index (χ0n) is 12.0. The van der Waals surface area contributed by atoms with Gasteiger partial charge in [-0.1, -0.05) is 6.07 Å². The molecule has 1 heterocycles. The van der Waals surface area contributed by atoms with E-state index < -0.39 is 35.3 Å². The molecule has 0 unspecified atom stereocenters. The molecule has 0 aliphatic carbocycles. The average molecular weight is 403 g/mol. The third-order valence-corrected chi connectivity index (χ3v) is 3.45. The number of piperazine rings is 1. The summed E-state index contributed by atoms with van der Waals surface area (Å²) in [5.41, 5.74) is -2.10. The zero-order chi connectivity index (χ0) is 16.5.